The molecule has 16 heavy (non-hydrogen) atoms. The van der Waals surface area contributed by atoms with Crippen molar-refractivity contribution in [3.05, 3.63) is 29.0 Å². The highest BCUT2D eigenvalue weighted by molar-refractivity contribution is 6.31. The Morgan fingerprint density at radius 1 is 1.50 bits per heavy atom. The Morgan fingerprint density at radius 2 is 2.31 bits per heavy atom. The maximum atomic E-state index is 13.8. The van der Waals surface area contributed by atoms with E-state index in [9.17, 15) is 4.39 Å². The largest absolute Gasteiger partial charge is 0.368 e. The second kappa shape index (κ2) is 5.02. The van der Waals surface area contributed by atoms with Crippen molar-refractivity contribution < 1.29 is 4.39 Å². The van der Waals surface area contributed by atoms with E-state index in [0.29, 0.717) is 11.7 Å². The number of likely N-dealkylation sites (N-methyl/N-ethyl adjacent to an activating group) is 1. The van der Waals surface area contributed by atoms with E-state index in [1.807, 2.05) is 7.05 Å². The molecule has 1 saturated heterocycles. The topological polar surface area (TPSA) is 15.3 Å². The van der Waals surface area contributed by atoms with Gasteiger partial charge in [0.2, 0.25) is 0 Å². The summed E-state index contributed by atoms with van der Waals surface area (Å²) >= 11 is 5.79. The molecule has 2 nitrogen and oxygen atoms in total. The van der Waals surface area contributed by atoms with Crippen molar-refractivity contribution in [2.24, 2.45) is 0 Å². The first-order valence-electron chi connectivity index (χ1n) is 5.58. The molecular formula is C12H16ClFN2. The molecule has 0 bridgehead atoms. The lowest BCUT2D eigenvalue weighted by Crippen LogP contribution is -2.44. The lowest BCUT2D eigenvalue weighted by Gasteiger charge is -2.34. The second-order valence-corrected chi connectivity index (χ2v) is 4.55. The molecule has 1 aromatic rings. The molecule has 0 aliphatic carbocycles. The van der Waals surface area contributed by atoms with Gasteiger partial charge in [0.15, 0.2) is 5.82 Å². The van der Waals surface area contributed by atoms with Gasteiger partial charge in [0, 0.05) is 19.1 Å². The standard InChI is InChI=1S/C12H16ClFN2/c1-15-9-4-3-7-16(8-9)11-6-2-5-10(13)12(11)14/h2,5-6,9,15H,3-4,7-8H2,1H3. The fraction of sp³-hybridized carbons (Fsp3) is 0.500. The molecule has 1 atom stereocenters. The van der Waals surface area contributed by atoms with E-state index >= 15 is 0 Å². The Morgan fingerprint density at radius 3 is 3.06 bits per heavy atom. The third-order valence-electron chi connectivity index (χ3n) is 3.10. The first-order chi connectivity index (χ1) is 7.72. The third kappa shape index (κ3) is 2.30. The first kappa shape index (κ1) is 11.7. The van der Waals surface area contributed by atoms with E-state index in [1.165, 1.54) is 0 Å². The van der Waals surface area contributed by atoms with E-state index in [-0.39, 0.29) is 10.8 Å². The summed E-state index contributed by atoms with van der Waals surface area (Å²) < 4.78 is 13.8. The van der Waals surface area contributed by atoms with Gasteiger partial charge in [-0.2, -0.15) is 0 Å². The van der Waals surface area contributed by atoms with Crippen molar-refractivity contribution >= 4 is 17.3 Å². The van der Waals surface area contributed by atoms with Crippen LogP contribution in [-0.4, -0.2) is 26.2 Å². The van der Waals surface area contributed by atoms with Crippen molar-refractivity contribution in [2.75, 3.05) is 25.0 Å². The summed E-state index contributed by atoms with van der Waals surface area (Å²) in [6.07, 6.45) is 2.23. The number of hydrogen-bond donors (Lipinski definition) is 1. The molecule has 0 aromatic heterocycles. The first-order valence-corrected chi connectivity index (χ1v) is 5.96. The maximum Gasteiger partial charge on any atom is 0.165 e. The van der Waals surface area contributed by atoms with Crippen LogP contribution < -0.4 is 10.2 Å². The average molecular weight is 243 g/mol. The summed E-state index contributed by atoms with van der Waals surface area (Å²) in [6.45, 7) is 1.74. The van der Waals surface area contributed by atoms with E-state index in [2.05, 4.69) is 10.2 Å². The molecule has 0 spiro atoms. The van der Waals surface area contributed by atoms with Crippen LogP contribution in [0.3, 0.4) is 0 Å². The highest BCUT2D eigenvalue weighted by Gasteiger charge is 2.21. The van der Waals surface area contributed by atoms with Gasteiger partial charge < -0.3 is 10.2 Å². The van der Waals surface area contributed by atoms with Crippen molar-refractivity contribution in [1.82, 2.24) is 5.32 Å². The number of rotatable bonds is 2. The predicted molar refractivity (Wildman–Crippen MR) is 65.7 cm³/mol. The predicted octanol–water partition coefficient (Wildman–Crippen LogP) is 2.67. The quantitative estimate of drug-likeness (QED) is 0.858. The zero-order valence-electron chi connectivity index (χ0n) is 9.34. The van der Waals surface area contributed by atoms with Crippen LogP contribution in [0.4, 0.5) is 10.1 Å². The summed E-state index contributed by atoms with van der Waals surface area (Å²) in [5, 5.41) is 3.44. The van der Waals surface area contributed by atoms with Gasteiger partial charge in [-0.25, -0.2) is 4.39 Å². The highest BCUT2D eigenvalue weighted by atomic mass is 35.5. The summed E-state index contributed by atoms with van der Waals surface area (Å²) in [5.41, 5.74) is 0.618. The molecular weight excluding hydrogens is 227 g/mol. The van der Waals surface area contributed by atoms with Crippen molar-refractivity contribution in [3.63, 3.8) is 0 Å². The number of nitrogens with zero attached hydrogens (tertiary/aromatic N) is 1. The van der Waals surface area contributed by atoms with Crippen LogP contribution in [0, 0.1) is 5.82 Å². The van der Waals surface area contributed by atoms with Gasteiger partial charge in [-0.15, -0.1) is 0 Å². The number of anilines is 1. The molecule has 0 amide bonds. The van der Waals surface area contributed by atoms with E-state index in [4.69, 9.17) is 11.6 Å². The van der Waals surface area contributed by atoms with Gasteiger partial charge in [0.25, 0.3) is 0 Å². The summed E-state index contributed by atoms with van der Waals surface area (Å²) in [6, 6.07) is 5.61. The Bertz CT molecular complexity index is 370. The molecule has 1 aliphatic heterocycles. The normalized spacial score (nSPS) is 21.2. The van der Waals surface area contributed by atoms with Gasteiger partial charge >= 0.3 is 0 Å². The van der Waals surface area contributed by atoms with Gasteiger partial charge in [-0.3, -0.25) is 0 Å². The molecule has 1 unspecified atom stereocenters. The molecule has 1 fully saturated rings. The van der Waals surface area contributed by atoms with Gasteiger partial charge in [-0.1, -0.05) is 17.7 Å². The Labute approximate surface area is 100 Å². The lowest BCUT2D eigenvalue weighted by molar-refractivity contribution is 0.445. The van der Waals surface area contributed by atoms with E-state index < -0.39 is 0 Å². The zero-order valence-corrected chi connectivity index (χ0v) is 10.1. The van der Waals surface area contributed by atoms with Crippen molar-refractivity contribution in [1.29, 1.82) is 0 Å². The van der Waals surface area contributed by atoms with Crippen LogP contribution in [0.1, 0.15) is 12.8 Å². The number of piperidine rings is 1. The molecule has 1 aromatic carbocycles. The van der Waals surface area contributed by atoms with E-state index in [0.717, 1.165) is 25.9 Å². The summed E-state index contributed by atoms with van der Waals surface area (Å²) in [7, 11) is 1.95. The van der Waals surface area contributed by atoms with E-state index in [1.54, 1.807) is 18.2 Å². The molecule has 4 heteroatoms. The van der Waals surface area contributed by atoms with Gasteiger partial charge in [-0.05, 0) is 32.0 Å². The Kier molecular flexibility index (Phi) is 3.66. The van der Waals surface area contributed by atoms with Crippen LogP contribution in [0.15, 0.2) is 18.2 Å². The van der Waals surface area contributed by atoms with Crippen LogP contribution in [0.25, 0.3) is 0 Å². The van der Waals surface area contributed by atoms with Crippen molar-refractivity contribution in [3.8, 4) is 0 Å². The second-order valence-electron chi connectivity index (χ2n) is 4.15. The maximum absolute atomic E-state index is 13.8. The van der Waals surface area contributed by atoms with Gasteiger partial charge in [0.05, 0.1) is 10.7 Å². The van der Waals surface area contributed by atoms with Crippen LogP contribution in [-0.2, 0) is 0 Å². The number of nitrogens with one attached hydrogen (secondary N) is 1. The monoisotopic (exact) mass is 242 g/mol. The van der Waals surface area contributed by atoms with Gasteiger partial charge in [0.1, 0.15) is 0 Å². The molecule has 1 heterocycles. The van der Waals surface area contributed by atoms with Crippen LogP contribution in [0.5, 0.6) is 0 Å². The highest BCUT2D eigenvalue weighted by Crippen LogP contribution is 2.27. The molecule has 0 radical (unpaired) electrons. The lowest BCUT2D eigenvalue weighted by atomic mass is 10.1. The minimum absolute atomic E-state index is 0.198. The zero-order chi connectivity index (χ0) is 11.5. The average Bonchev–Trinajstić information content (AvgIpc) is 2.33. The van der Waals surface area contributed by atoms with Crippen molar-refractivity contribution in [2.45, 2.75) is 18.9 Å². The summed E-state index contributed by atoms with van der Waals surface area (Å²) in [5.74, 6) is -0.305. The summed E-state index contributed by atoms with van der Waals surface area (Å²) in [4.78, 5) is 2.06. The number of hydrogen-bond acceptors (Lipinski definition) is 2. The van der Waals surface area contributed by atoms with Crippen LogP contribution in [0.2, 0.25) is 5.02 Å². The molecule has 2 rings (SSSR count). The minimum atomic E-state index is -0.305. The number of benzene rings is 1. The number of halogens is 2. The third-order valence-corrected chi connectivity index (χ3v) is 3.39. The van der Waals surface area contributed by atoms with Crippen LogP contribution >= 0.6 is 11.6 Å². The fourth-order valence-electron chi connectivity index (χ4n) is 2.17. The SMILES string of the molecule is CNC1CCCN(c2cccc(Cl)c2F)C1. The Hall–Kier alpha value is -0.800. The minimum Gasteiger partial charge on any atom is -0.368 e. The molecule has 0 saturated carbocycles. The fourth-order valence-corrected chi connectivity index (χ4v) is 2.34. The Balaban J connectivity index is 2.20. The molecule has 1 N–H and O–H groups in total. The molecule has 1 aliphatic rings. The smallest absolute Gasteiger partial charge is 0.165 e. The molecule has 88 valence electrons.